The molecule has 23 heavy (non-hydrogen) atoms. The van der Waals surface area contributed by atoms with Crippen molar-refractivity contribution < 1.29 is 27.3 Å². The van der Waals surface area contributed by atoms with Gasteiger partial charge in [-0.25, -0.2) is 5.48 Å². The van der Waals surface area contributed by atoms with Crippen LogP contribution in [-0.4, -0.2) is 28.4 Å². The van der Waals surface area contributed by atoms with Gasteiger partial charge in [0.15, 0.2) is 0 Å². The van der Waals surface area contributed by atoms with Crippen LogP contribution in [0, 0.1) is 5.41 Å². The van der Waals surface area contributed by atoms with E-state index in [0.717, 1.165) is 0 Å². The SMILES string of the molecule is CC(=N)CONC(=O)c1ccc(-c2noc(C(F)(F)F)n2)cc1. The van der Waals surface area contributed by atoms with Gasteiger partial charge in [0.1, 0.15) is 6.61 Å². The van der Waals surface area contributed by atoms with Gasteiger partial charge in [0, 0.05) is 16.8 Å². The predicted octanol–water partition coefficient (Wildman–Crippen LogP) is 2.46. The van der Waals surface area contributed by atoms with E-state index in [1.807, 2.05) is 0 Å². The summed E-state index contributed by atoms with van der Waals surface area (Å²) >= 11 is 0. The molecule has 1 aromatic carbocycles. The zero-order valence-corrected chi connectivity index (χ0v) is 11.8. The van der Waals surface area contributed by atoms with E-state index in [2.05, 4.69) is 20.1 Å². The Morgan fingerprint density at radius 1 is 1.35 bits per heavy atom. The highest BCUT2D eigenvalue weighted by atomic mass is 19.4. The lowest BCUT2D eigenvalue weighted by molar-refractivity contribution is -0.159. The fourth-order valence-corrected chi connectivity index (χ4v) is 1.50. The highest BCUT2D eigenvalue weighted by Crippen LogP contribution is 2.29. The Morgan fingerprint density at radius 2 is 2.00 bits per heavy atom. The number of hydrogen-bond acceptors (Lipinski definition) is 6. The number of rotatable bonds is 5. The van der Waals surface area contributed by atoms with E-state index in [0.29, 0.717) is 0 Å². The lowest BCUT2D eigenvalue weighted by atomic mass is 10.1. The molecule has 0 radical (unpaired) electrons. The van der Waals surface area contributed by atoms with Gasteiger partial charge >= 0.3 is 12.1 Å². The van der Waals surface area contributed by atoms with Gasteiger partial charge in [0.05, 0.1) is 0 Å². The van der Waals surface area contributed by atoms with Crippen LogP contribution in [0.5, 0.6) is 0 Å². The Kier molecular flexibility index (Phi) is 4.74. The molecule has 0 spiro atoms. The lowest BCUT2D eigenvalue weighted by Gasteiger charge is -2.05. The molecule has 0 atom stereocenters. The molecule has 1 heterocycles. The normalized spacial score (nSPS) is 11.3. The van der Waals surface area contributed by atoms with E-state index >= 15 is 0 Å². The number of aromatic nitrogens is 2. The van der Waals surface area contributed by atoms with Crippen molar-refractivity contribution >= 4 is 11.6 Å². The summed E-state index contributed by atoms with van der Waals surface area (Å²) in [6.45, 7) is 1.47. The smallest absolute Gasteiger partial charge is 0.329 e. The Balaban J connectivity index is 2.06. The molecule has 0 fully saturated rings. The van der Waals surface area contributed by atoms with E-state index in [4.69, 9.17) is 10.2 Å². The van der Waals surface area contributed by atoms with Crippen LogP contribution in [0.3, 0.4) is 0 Å². The number of hydrogen-bond donors (Lipinski definition) is 2. The molecule has 7 nitrogen and oxygen atoms in total. The van der Waals surface area contributed by atoms with Gasteiger partial charge in [0.2, 0.25) is 5.82 Å². The molecule has 0 unspecified atom stereocenters. The minimum atomic E-state index is -4.71. The second-order valence-corrected chi connectivity index (χ2v) is 4.50. The number of carbonyl (C=O) groups is 1. The highest BCUT2D eigenvalue weighted by molar-refractivity contribution is 5.94. The maximum absolute atomic E-state index is 12.4. The zero-order chi connectivity index (χ0) is 17.0. The summed E-state index contributed by atoms with van der Waals surface area (Å²) in [5.41, 5.74) is 2.85. The second kappa shape index (κ2) is 6.57. The van der Waals surface area contributed by atoms with Crippen LogP contribution in [0.2, 0.25) is 0 Å². The van der Waals surface area contributed by atoms with Gasteiger partial charge in [-0.05, 0) is 19.1 Å². The first kappa shape index (κ1) is 16.6. The third-order valence-corrected chi connectivity index (χ3v) is 2.53. The summed E-state index contributed by atoms with van der Waals surface area (Å²) in [4.78, 5) is 19.7. The van der Waals surface area contributed by atoms with Crippen molar-refractivity contribution in [1.29, 1.82) is 5.41 Å². The van der Waals surface area contributed by atoms with E-state index in [9.17, 15) is 18.0 Å². The number of amides is 1. The van der Waals surface area contributed by atoms with Crippen LogP contribution in [0.1, 0.15) is 23.2 Å². The molecule has 0 saturated carbocycles. The van der Waals surface area contributed by atoms with Crippen molar-refractivity contribution in [3.8, 4) is 11.4 Å². The van der Waals surface area contributed by atoms with Crippen LogP contribution in [0.15, 0.2) is 28.8 Å². The van der Waals surface area contributed by atoms with Crippen molar-refractivity contribution in [2.75, 3.05) is 6.61 Å². The summed E-state index contributed by atoms with van der Waals surface area (Å²) in [6, 6.07) is 5.49. The van der Waals surface area contributed by atoms with E-state index in [-0.39, 0.29) is 29.3 Å². The standard InChI is InChI=1S/C13H11F3N4O3/c1-7(17)6-22-20-11(21)9-4-2-8(3-5-9)10-18-12(23-19-10)13(14,15)16/h2-5,17H,6H2,1H3,(H,20,21). The second-order valence-electron chi connectivity index (χ2n) is 4.50. The maximum atomic E-state index is 12.4. The average molecular weight is 328 g/mol. The predicted molar refractivity (Wildman–Crippen MR) is 71.6 cm³/mol. The fourth-order valence-electron chi connectivity index (χ4n) is 1.50. The first-order chi connectivity index (χ1) is 10.8. The third-order valence-electron chi connectivity index (χ3n) is 2.53. The van der Waals surface area contributed by atoms with Crippen molar-refractivity contribution in [2.24, 2.45) is 0 Å². The summed E-state index contributed by atoms with van der Waals surface area (Å²) in [5.74, 6) is -2.23. The van der Waals surface area contributed by atoms with Gasteiger partial charge < -0.3 is 9.93 Å². The maximum Gasteiger partial charge on any atom is 0.471 e. The first-order valence-corrected chi connectivity index (χ1v) is 6.25. The number of benzene rings is 1. The summed E-state index contributed by atoms with van der Waals surface area (Å²) in [5, 5.41) is 10.4. The van der Waals surface area contributed by atoms with Crippen molar-refractivity contribution in [3.05, 3.63) is 35.7 Å². The van der Waals surface area contributed by atoms with Crippen molar-refractivity contribution in [1.82, 2.24) is 15.6 Å². The topological polar surface area (TPSA) is 101 Å². The van der Waals surface area contributed by atoms with Crippen molar-refractivity contribution in [2.45, 2.75) is 13.1 Å². The zero-order valence-electron chi connectivity index (χ0n) is 11.8. The highest BCUT2D eigenvalue weighted by Gasteiger charge is 2.38. The number of nitrogens with zero attached hydrogens (tertiary/aromatic N) is 2. The molecular weight excluding hydrogens is 317 g/mol. The number of alkyl halides is 3. The number of carbonyl (C=O) groups excluding carboxylic acids is 1. The van der Waals surface area contributed by atoms with Crippen LogP contribution in [0.25, 0.3) is 11.4 Å². The van der Waals surface area contributed by atoms with Gasteiger partial charge in [-0.2, -0.15) is 18.2 Å². The average Bonchev–Trinajstić information content (AvgIpc) is 2.97. The molecule has 0 aliphatic rings. The Morgan fingerprint density at radius 3 is 2.52 bits per heavy atom. The lowest BCUT2D eigenvalue weighted by Crippen LogP contribution is -2.25. The Bertz CT molecular complexity index is 710. The van der Waals surface area contributed by atoms with Crippen molar-refractivity contribution in [3.63, 3.8) is 0 Å². The minimum Gasteiger partial charge on any atom is -0.329 e. The fraction of sp³-hybridized carbons (Fsp3) is 0.231. The quantitative estimate of drug-likeness (QED) is 0.648. The van der Waals surface area contributed by atoms with Gasteiger partial charge in [-0.1, -0.05) is 17.3 Å². The Labute approximate surface area is 127 Å². The number of nitrogens with one attached hydrogen (secondary N) is 2. The van der Waals surface area contributed by atoms with Gasteiger partial charge in [-0.3, -0.25) is 9.63 Å². The molecule has 0 saturated heterocycles. The first-order valence-electron chi connectivity index (χ1n) is 6.25. The number of halogens is 3. The molecule has 0 aliphatic carbocycles. The molecule has 10 heteroatoms. The molecule has 1 aromatic heterocycles. The number of hydroxylamine groups is 1. The largest absolute Gasteiger partial charge is 0.471 e. The van der Waals surface area contributed by atoms with Crippen LogP contribution in [0.4, 0.5) is 13.2 Å². The molecule has 2 N–H and O–H groups in total. The van der Waals surface area contributed by atoms with Crippen LogP contribution in [-0.2, 0) is 11.0 Å². The summed E-state index contributed by atoms with van der Waals surface area (Å²) < 4.78 is 41.3. The third kappa shape index (κ3) is 4.36. The molecule has 2 aromatic rings. The minimum absolute atomic E-state index is 0.0487. The van der Waals surface area contributed by atoms with Gasteiger partial charge in [0.25, 0.3) is 5.91 Å². The molecule has 122 valence electrons. The van der Waals surface area contributed by atoms with E-state index in [1.54, 1.807) is 0 Å². The molecular formula is C13H11F3N4O3. The van der Waals surface area contributed by atoms with Gasteiger partial charge in [-0.15, -0.1) is 0 Å². The van der Waals surface area contributed by atoms with Crippen LogP contribution < -0.4 is 5.48 Å². The van der Waals surface area contributed by atoms with Crippen LogP contribution >= 0.6 is 0 Å². The molecule has 1 amide bonds. The Hall–Kier alpha value is -2.75. The monoisotopic (exact) mass is 328 g/mol. The molecule has 2 rings (SSSR count). The van der Waals surface area contributed by atoms with E-state index in [1.165, 1.54) is 31.2 Å². The van der Waals surface area contributed by atoms with E-state index < -0.39 is 18.0 Å². The molecule has 0 bridgehead atoms. The summed E-state index contributed by atoms with van der Waals surface area (Å²) in [6.07, 6.45) is -4.71. The molecule has 0 aliphatic heterocycles. The summed E-state index contributed by atoms with van der Waals surface area (Å²) in [7, 11) is 0.